The molecular weight excluding hydrogens is 274 g/mol. The molecule has 1 aliphatic heterocycles. The third-order valence-corrected chi connectivity index (χ3v) is 6.48. The minimum Gasteiger partial charge on any atom is -0.379 e. The van der Waals surface area contributed by atoms with Crippen LogP contribution in [0.25, 0.3) is 0 Å². The summed E-state index contributed by atoms with van der Waals surface area (Å²) in [5.41, 5.74) is 0. The van der Waals surface area contributed by atoms with E-state index in [-0.39, 0.29) is 6.10 Å². The Morgan fingerprint density at radius 3 is 2.65 bits per heavy atom. The first kappa shape index (κ1) is 17.8. The van der Waals surface area contributed by atoms with Gasteiger partial charge in [0.25, 0.3) is 0 Å². The Morgan fingerprint density at radius 1 is 1.40 bits per heavy atom. The second-order valence-corrected chi connectivity index (χ2v) is 8.26. The summed E-state index contributed by atoms with van der Waals surface area (Å²) < 4.78 is 23.1. The lowest BCUT2D eigenvalue weighted by atomic mass is 10.2. The monoisotopic (exact) mass is 303 g/mol. The van der Waals surface area contributed by atoms with Gasteiger partial charge in [-0.25, -0.2) is 0 Å². The summed E-state index contributed by atoms with van der Waals surface area (Å²) in [6, 6.07) is 1.24. The van der Waals surface area contributed by atoms with Crippen molar-refractivity contribution in [2.24, 2.45) is 0 Å². The third kappa shape index (κ3) is 5.27. The Hall–Kier alpha value is -0.243. The standard InChI is InChI=1S/C14H29NO4Si/c1-6-8-15(13(2)3)11-14-12-18-9-7-10-20(16-4,17-5)19-14/h6,13-14H,1,7-12H2,2-5H3. The molecule has 5 nitrogen and oxygen atoms in total. The zero-order chi connectivity index (χ0) is 15.0. The van der Waals surface area contributed by atoms with Crippen LogP contribution in [0.3, 0.4) is 0 Å². The maximum absolute atomic E-state index is 6.20. The van der Waals surface area contributed by atoms with E-state index in [4.69, 9.17) is 18.0 Å². The Balaban J connectivity index is 2.71. The van der Waals surface area contributed by atoms with Crippen LogP contribution in [0, 0.1) is 0 Å². The lowest BCUT2D eigenvalue weighted by Crippen LogP contribution is -2.52. The second kappa shape index (κ2) is 8.91. The zero-order valence-corrected chi connectivity index (χ0v) is 14.3. The van der Waals surface area contributed by atoms with E-state index < -0.39 is 8.80 Å². The molecule has 0 radical (unpaired) electrons. The molecule has 1 saturated heterocycles. The molecule has 1 heterocycles. The lowest BCUT2D eigenvalue weighted by molar-refractivity contribution is -0.0293. The maximum atomic E-state index is 6.20. The van der Waals surface area contributed by atoms with Gasteiger partial charge in [0.05, 0.1) is 12.7 Å². The normalized spacial score (nSPS) is 23.6. The van der Waals surface area contributed by atoms with E-state index in [1.807, 2.05) is 6.08 Å². The molecule has 0 aromatic rings. The number of hydrogen-bond donors (Lipinski definition) is 0. The Morgan fingerprint density at radius 2 is 2.10 bits per heavy atom. The fourth-order valence-electron chi connectivity index (χ4n) is 2.35. The predicted molar refractivity (Wildman–Crippen MR) is 81.8 cm³/mol. The molecule has 6 heteroatoms. The first-order valence-corrected chi connectivity index (χ1v) is 9.21. The van der Waals surface area contributed by atoms with Gasteiger partial charge in [-0.2, -0.15) is 0 Å². The fraction of sp³-hybridized carbons (Fsp3) is 0.857. The quantitative estimate of drug-likeness (QED) is 0.531. The molecular formula is C14H29NO4Si. The topological polar surface area (TPSA) is 40.2 Å². The number of ether oxygens (including phenoxy) is 1. The van der Waals surface area contributed by atoms with Crippen LogP contribution < -0.4 is 0 Å². The molecule has 0 saturated carbocycles. The van der Waals surface area contributed by atoms with Crippen LogP contribution in [0.15, 0.2) is 12.7 Å². The largest absolute Gasteiger partial charge is 0.500 e. The van der Waals surface area contributed by atoms with Gasteiger partial charge in [-0.05, 0) is 20.3 Å². The van der Waals surface area contributed by atoms with Crippen molar-refractivity contribution in [2.75, 3.05) is 40.5 Å². The van der Waals surface area contributed by atoms with Gasteiger partial charge in [-0.3, -0.25) is 4.90 Å². The highest BCUT2D eigenvalue weighted by atomic mass is 28.4. The van der Waals surface area contributed by atoms with Crippen molar-refractivity contribution in [1.29, 1.82) is 0 Å². The molecule has 1 atom stereocenters. The van der Waals surface area contributed by atoms with Crippen LogP contribution in [0.5, 0.6) is 0 Å². The first-order chi connectivity index (χ1) is 9.56. The lowest BCUT2D eigenvalue weighted by Gasteiger charge is -2.36. The second-order valence-electron chi connectivity index (χ2n) is 5.35. The van der Waals surface area contributed by atoms with Crippen LogP contribution in [0.4, 0.5) is 0 Å². The predicted octanol–water partition coefficient (Wildman–Crippen LogP) is 1.92. The zero-order valence-electron chi connectivity index (χ0n) is 13.3. The number of rotatable bonds is 7. The molecule has 0 aromatic carbocycles. The van der Waals surface area contributed by atoms with E-state index >= 15 is 0 Å². The van der Waals surface area contributed by atoms with Gasteiger partial charge in [-0.1, -0.05) is 6.08 Å². The van der Waals surface area contributed by atoms with E-state index in [1.165, 1.54) is 0 Å². The number of hydrogen-bond acceptors (Lipinski definition) is 5. The van der Waals surface area contributed by atoms with Gasteiger partial charge in [0.2, 0.25) is 0 Å². The Bertz CT molecular complexity index is 284. The molecule has 0 N–H and O–H groups in total. The van der Waals surface area contributed by atoms with Crippen molar-refractivity contribution in [3.63, 3.8) is 0 Å². The molecule has 0 aromatic heterocycles. The smallest absolute Gasteiger partial charge is 0.379 e. The summed E-state index contributed by atoms with van der Waals surface area (Å²) in [5.74, 6) is 0. The van der Waals surface area contributed by atoms with Crippen LogP contribution in [0.2, 0.25) is 6.04 Å². The van der Waals surface area contributed by atoms with Gasteiger partial charge in [-0.15, -0.1) is 6.58 Å². The number of nitrogens with zero attached hydrogens (tertiary/aromatic N) is 1. The first-order valence-electron chi connectivity index (χ1n) is 7.27. The molecule has 0 amide bonds. The molecule has 0 spiro atoms. The molecule has 0 aliphatic carbocycles. The van der Waals surface area contributed by atoms with Crippen LogP contribution in [-0.2, 0) is 18.0 Å². The summed E-state index contributed by atoms with van der Waals surface area (Å²) in [6.45, 7) is 11.1. The fourth-order valence-corrected chi connectivity index (χ4v) is 4.46. The van der Waals surface area contributed by atoms with Gasteiger partial charge in [0.1, 0.15) is 0 Å². The molecule has 118 valence electrons. The summed E-state index contributed by atoms with van der Waals surface area (Å²) in [5, 5.41) is 0. The summed E-state index contributed by atoms with van der Waals surface area (Å²) in [4.78, 5) is 2.31. The van der Waals surface area contributed by atoms with E-state index in [2.05, 4.69) is 25.3 Å². The van der Waals surface area contributed by atoms with E-state index in [1.54, 1.807) is 14.2 Å². The average Bonchev–Trinajstić information content (AvgIpc) is 2.41. The summed E-state index contributed by atoms with van der Waals surface area (Å²) in [7, 11) is 0.826. The highest BCUT2D eigenvalue weighted by Crippen LogP contribution is 2.21. The minimum atomic E-state index is -2.53. The molecule has 0 bridgehead atoms. The van der Waals surface area contributed by atoms with Gasteiger partial charge >= 0.3 is 8.80 Å². The van der Waals surface area contributed by atoms with Gasteiger partial charge < -0.3 is 18.0 Å². The van der Waals surface area contributed by atoms with Crippen molar-refractivity contribution in [1.82, 2.24) is 4.90 Å². The van der Waals surface area contributed by atoms with Crippen molar-refractivity contribution in [3.05, 3.63) is 12.7 Å². The van der Waals surface area contributed by atoms with E-state index in [0.29, 0.717) is 12.6 Å². The molecule has 1 rings (SSSR count). The minimum absolute atomic E-state index is 0.0239. The van der Waals surface area contributed by atoms with Gasteiger partial charge in [0, 0.05) is 46.0 Å². The molecule has 1 aliphatic rings. The van der Waals surface area contributed by atoms with Crippen molar-refractivity contribution < 1.29 is 18.0 Å². The van der Waals surface area contributed by atoms with Crippen molar-refractivity contribution >= 4 is 8.80 Å². The van der Waals surface area contributed by atoms with Crippen molar-refractivity contribution in [2.45, 2.75) is 38.5 Å². The average molecular weight is 303 g/mol. The van der Waals surface area contributed by atoms with E-state index in [0.717, 1.165) is 32.2 Å². The molecule has 20 heavy (non-hydrogen) atoms. The maximum Gasteiger partial charge on any atom is 0.500 e. The van der Waals surface area contributed by atoms with Crippen LogP contribution >= 0.6 is 0 Å². The molecule has 1 fully saturated rings. The van der Waals surface area contributed by atoms with Crippen LogP contribution in [-0.4, -0.2) is 66.4 Å². The van der Waals surface area contributed by atoms with E-state index in [9.17, 15) is 0 Å². The SMILES string of the molecule is C=CCN(CC1COCCC[Si](OC)(OC)O1)C(C)C. The van der Waals surface area contributed by atoms with Crippen LogP contribution in [0.1, 0.15) is 20.3 Å². The summed E-state index contributed by atoms with van der Waals surface area (Å²) in [6.07, 6.45) is 2.81. The highest BCUT2D eigenvalue weighted by molar-refractivity contribution is 6.60. The summed E-state index contributed by atoms with van der Waals surface area (Å²) >= 11 is 0. The third-order valence-electron chi connectivity index (χ3n) is 3.58. The van der Waals surface area contributed by atoms with Crippen molar-refractivity contribution in [3.8, 4) is 0 Å². The highest BCUT2D eigenvalue weighted by Gasteiger charge is 2.42. The Kier molecular flexibility index (Phi) is 7.94. The van der Waals surface area contributed by atoms with Gasteiger partial charge in [0.15, 0.2) is 0 Å². The Labute approximate surface area is 124 Å². The molecule has 1 unspecified atom stereocenters.